The van der Waals surface area contributed by atoms with Crippen molar-refractivity contribution in [1.82, 2.24) is 15.1 Å². The molecule has 1 saturated carbocycles. The summed E-state index contributed by atoms with van der Waals surface area (Å²) in [5, 5.41) is 9.42. The van der Waals surface area contributed by atoms with Gasteiger partial charge in [-0.15, -0.1) is 0 Å². The van der Waals surface area contributed by atoms with Crippen LogP contribution in [0.4, 0.5) is 5.69 Å². The van der Waals surface area contributed by atoms with Gasteiger partial charge in [0, 0.05) is 22.3 Å². The average Bonchev–Trinajstić information content (AvgIpc) is 3.41. The molecule has 6 nitrogen and oxygen atoms in total. The van der Waals surface area contributed by atoms with Crippen molar-refractivity contribution in [1.29, 1.82) is 0 Å². The molecule has 2 heterocycles. The van der Waals surface area contributed by atoms with Crippen LogP contribution in [0.2, 0.25) is 5.02 Å². The van der Waals surface area contributed by atoms with Crippen LogP contribution in [0.15, 0.2) is 59.6 Å². The second-order valence-corrected chi connectivity index (χ2v) is 9.87. The van der Waals surface area contributed by atoms with Crippen LogP contribution in [0.3, 0.4) is 0 Å². The number of aromatic nitrogens is 2. The number of halogens is 1. The SMILES string of the molecule is Cc1nn(-c2ccccc2)c2c1C(C(=O)NC1CCCC1)N(c1ccc(Cl)cc1)C(=O)CS2. The molecule has 1 aliphatic heterocycles. The first-order valence-corrected chi connectivity index (χ1v) is 12.5. The number of para-hydroxylation sites is 1. The maximum absolute atomic E-state index is 13.8. The van der Waals surface area contributed by atoms with Gasteiger partial charge >= 0.3 is 0 Å². The maximum Gasteiger partial charge on any atom is 0.248 e. The minimum atomic E-state index is -0.804. The van der Waals surface area contributed by atoms with Gasteiger partial charge in [0.05, 0.1) is 17.1 Å². The van der Waals surface area contributed by atoms with Crippen molar-refractivity contribution in [3.63, 3.8) is 0 Å². The van der Waals surface area contributed by atoms with E-state index in [2.05, 4.69) is 5.32 Å². The Morgan fingerprint density at radius 3 is 2.45 bits per heavy atom. The number of carbonyl (C=O) groups is 2. The summed E-state index contributed by atoms with van der Waals surface area (Å²) in [6.45, 7) is 1.91. The summed E-state index contributed by atoms with van der Waals surface area (Å²) in [7, 11) is 0. The minimum Gasteiger partial charge on any atom is -0.351 e. The van der Waals surface area contributed by atoms with Gasteiger partial charge in [-0.3, -0.25) is 14.5 Å². The second-order valence-electron chi connectivity index (χ2n) is 8.47. The highest BCUT2D eigenvalue weighted by molar-refractivity contribution is 8.00. The van der Waals surface area contributed by atoms with Crippen LogP contribution in [-0.2, 0) is 9.59 Å². The van der Waals surface area contributed by atoms with E-state index in [0.29, 0.717) is 10.7 Å². The summed E-state index contributed by atoms with van der Waals surface area (Å²) in [4.78, 5) is 28.8. The molecule has 3 aromatic rings. The van der Waals surface area contributed by atoms with Crippen molar-refractivity contribution in [3.8, 4) is 5.69 Å². The number of benzene rings is 2. The average molecular weight is 481 g/mol. The molecule has 0 saturated heterocycles. The van der Waals surface area contributed by atoms with E-state index in [0.717, 1.165) is 47.7 Å². The summed E-state index contributed by atoms with van der Waals surface area (Å²) in [5.74, 6) is -0.0744. The number of fused-ring (bicyclic) bond motifs is 1. The summed E-state index contributed by atoms with van der Waals surface area (Å²) in [6, 6.07) is 16.2. The number of aryl methyl sites for hydroxylation is 1. The monoisotopic (exact) mass is 480 g/mol. The highest BCUT2D eigenvalue weighted by atomic mass is 35.5. The lowest BCUT2D eigenvalue weighted by atomic mass is 10.0. The standard InChI is InChI=1S/C25H25ClN4O2S/c1-16-22-23(24(32)27-18-7-5-6-8-18)29(19-13-11-17(26)12-14-19)21(31)15-33-25(22)30(28-16)20-9-3-2-4-10-20/h2-4,9-14,18,23H,5-8,15H2,1H3,(H,27,32). The molecule has 170 valence electrons. The maximum atomic E-state index is 13.8. The van der Waals surface area contributed by atoms with Gasteiger partial charge in [-0.05, 0) is 56.2 Å². The Bertz CT molecular complexity index is 1170. The van der Waals surface area contributed by atoms with Crippen LogP contribution in [0.5, 0.6) is 0 Å². The second kappa shape index (κ2) is 9.23. The molecular weight excluding hydrogens is 456 g/mol. The predicted octanol–water partition coefficient (Wildman–Crippen LogP) is 5.07. The van der Waals surface area contributed by atoms with E-state index >= 15 is 0 Å². The van der Waals surface area contributed by atoms with Crippen molar-refractivity contribution in [2.24, 2.45) is 0 Å². The number of hydrogen-bond acceptors (Lipinski definition) is 4. The molecule has 1 aliphatic carbocycles. The predicted molar refractivity (Wildman–Crippen MR) is 131 cm³/mol. The Hall–Kier alpha value is -2.77. The Balaban J connectivity index is 1.65. The molecule has 1 aromatic heterocycles. The third kappa shape index (κ3) is 4.27. The van der Waals surface area contributed by atoms with Crippen molar-refractivity contribution < 1.29 is 9.59 Å². The highest BCUT2D eigenvalue weighted by Gasteiger charge is 2.41. The van der Waals surface area contributed by atoms with Crippen LogP contribution >= 0.6 is 23.4 Å². The van der Waals surface area contributed by atoms with Gasteiger partial charge in [0.1, 0.15) is 11.1 Å². The van der Waals surface area contributed by atoms with Gasteiger partial charge in [0.2, 0.25) is 11.8 Å². The Kier molecular flexibility index (Phi) is 6.17. The first-order chi connectivity index (χ1) is 16.0. The third-order valence-corrected chi connectivity index (χ3v) is 7.56. The summed E-state index contributed by atoms with van der Waals surface area (Å²) in [6.07, 6.45) is 4.16. The first kappa shape index (κ1) is 22.0. The fraction of sp³-hybridized carbons (Fsp3) is 0.320. The lowest BCUT2D eigenvalue weighted by Crippen LogP contribution is -2.46. The lowest BCUT2D eigenvalue weighted by molar-refractivity contribution is -0.126. The van der Waals surface area contributed by atoms with Gasteiger partial charge in [-0.1, -0.05) is 54.4 Å². The Morgan fingerprint density at radius 1 is 1.06 bits per heavy atom. The summed E-state index contributed by atoms with van der Waals surface area (Å²) < 4.78 is 1.85. The normalized spacial score (nSPS) is 18.8. The molecule has 33 heavy (non-hydrogen) atoms. The molecule has 1 atom stereocenters. The molecule has 1 fully saturated rings. The third-order valence-electron chi connectivity index (χ3n) is 6.25. The van der Waals surface area contributed by atoms with Crippen LogP contribution < -0.4 is 10.2 Å². The van der Waals surface area contributed by atoms with Crippen LogP contribution in [-0.4, -0.2) is 33.4 Å². The van der Waals surface area contributed by atoms with E-state index in [9.17, 15) is 9.59 Å². The van der Waals surface area contributed by atoms with Gasteiger partial charge in [0.25, 0.3) is 0 Å². The number of nitrogens with one attached hydrogen (secondary N) is 1. The molecular formula is C25H25ClN4O2S. The molecule has 0 radical (unpaired) electrons. The molecule has 2 aromatic carbocycles. The first-order valence-electron chi connectivity index (χ1n) is 11.2. The van der Waals surface area contributed by atoms with E-state index in [-0.39, 0.29) is 23.6 Å². The molecule has 2 amide bonds. The number of thioether (sulfide) groups is 1. The van der Waals surface area contributed by atoms with E-state index in [1.54, 1.807) is 29.2 Å². The van der Waals surface area contributed by atoms with Gasteiger partial charge < -0.3 is 5.32 Å². The molecule has 5 rings (SSSR count). The minimum absolute atomic E-state index is 0.121. The van der Waals surface area contributed by atoms with E-state index in [1.165, 1.54) is 11.8 Å². The summed E-state index contributed by atoms with van der Waals surface area (Å²) >= 11 is 7.54. The van der Waals surface area contributed by atoms with Gasteiger partial charge in [-0.25, -0.2) is 4.68 Å². The van der Waals surface area contributed by atoms with Gasteiger partial charge in [-0.2, -0.15) is 5.10 Å². The Labute approximate surface area is 202 Å². The largest absolute Gasteiger partial charge is 0.351 e. The Morgan fingerprint density at radius 2 is 1.76 bits per heavy atom. The molecule has 8 heteroatoms. The van der Waals surface area contributed by atoms with E-state index in [1.807, 2.05) is 41.9 Å². The fourth-order valence-electron chi connectivity index (χ4n) is 4.68. The number of carbonyl (C=O) groups excluding carboxylic acids is 2. The van der Waals surface area contributed by atoms with Gasteiger partial charge in [0.15, 0.2) is 0 Å². The number of nitrogens with zero attached hydrogens (tertiary/aromatic N) is 3. The molecule has 0 spiro atoms. The smallest absolute Gasteiger partial charge is 0.248 e. The zero-order valence-corrected chi connectivity index (χ0v) is 19.9. The van der Waals surface area contributed by atoms with Crippen LogP contribution in [0.25, 0.3) is 5.69 Å². The quantitative estimate of drug-likeness (QED) is 0.566. The highest BCUT2D eigenvalue weighted by Crippen LogP contribution is 2.41. The number of amides is 2. The van der Waals surface area contributed by atoms with E-state index < -0.39 is 6.04 Å². The summed E-state index contributed by atoms with van der Waals surface area (Å²) in [5.41, 5.74) is 3.06. The zero-order valence-electron chi connectivity index (χ0n) is 18.3. The van der Waals surface area contributed by atoms with Crippen LogP contribution in [0, 0.1) is 6.92 Å². The topological polar surface area (TPSA) is 67.2 Å². The number of hydrogen-bond donors (Lipinski definition) is 1. The molecule has 1 N–H and O–H groups in total. The van der Waals surface area contributed by atoms with Crippen molar-refractivity contribution in [3.05, 3.63) is 70.9 Å². The van der Waals surface area contributed by atoms with E-state index in [4.69, 9.17) is 16.7 Å². The number of rotatable bonds is 4. The molecule has 2 aliphatic rings. The molecule has 0 bridgehead atoms. The zero-order chi connectivity index (χ0) is 22.9. The van der Waals surface area contributed by atoms with Crippen LogP contribution in [0.1, 0.15) is 43.0 Å². The van der Waals surface area contributed by atoms with Crippen molar-refractivity contribution >= 4 is 40.9 Å². The van der Waals surface area contributed by atoms with Crippen molar-refractivity contribution in [2.75, 3.05) is 10.7 Å². The van der Waals surface area contributed by atoms with Crippen molar-refractivity contribution in [2.45, 2.75) is 49.7 Å². The molecule has 1 unspecified atom stereocenters. The number of anilines is 1. The fourth-order valence-corrected chi connectivity index (χ4v) is 5.89. The lowest BCUT2D eigenvalue weighted by Gasteiger charge is -2.30.